The molecule has 0 aliphatic heterocycles. The average Bonchev–Trinajstić information content (AvgIpc) is 2.60. The molecule has 6 nitrogen and oxygen atoms in total. The molecule has 0 unspecified atom stereocenters. The van der Waals surface area contributed by atoms with E-state index in [0.29, 0.717) is 5.56 Å². The van der Waals surface area contributed by atoms with Gasteiger partial charge in [-0.05, 0) is 17.7 Å². The van der Waals surface area contributed by atoms with E-state index in [-0.39, 0.29) is 13.0 Å². The Balaban J connectivity index is 2.00. The Hall–Kier alpha value is -3.15. The van der Waals surface area contributed by atoms with Crippen LogP contribution < -0.4 is 11.1 Å². The smallest absolute Gasteiger partial charge is 0.329 e. The molecule has 0 aliphatic rings. The van der Waals surface area contributed by atoms with Gasteiger partial charge in [-0.15, -0.1) is 0 Å². The zero-order chi connectivity index (χ0) is 17.4. The fraction of sp³-hybridized carbons (Fsp3) is 0.167. The topological polar surface area (TPSA) is 98.5 Å². The molecule has 0 spiro atoms. The van der Waals surface area contributed by atoms with Gasteiger partial charge in [0.05, 0.1) is 6.42 Å². The molecule has 6 heteroatoms. The SMILES string of the molecule is NC(=O)C[C@@H](NC(=O)c1ccccc1)C(=O)OCc1ccccc1. The van der Waals surface area contributed by atoms with Crippen LogP contribution >= 0.6 is 0 Å². The van der Waals surface area contributed by atoms with Gasteiger partial charge in [0.25, 0.3) is 5.91 Å². The second-order valence-electron chi connectivity index (χ2n) is 5.16. The summed E-state index contributed by atoms with van der Waals surface area (Å²) in [6.07, 6.45) is -0.327. The first-order valence-electron chi connectivity index (χ1n) is 7.41. The summed E-state index contributed by atoms with van der Waals surface area (Å²) in [5, 5.41) is 2.49. The van der Waals surface area contributed by atoms with Gasteiger partial charge in [0, 0.05) is 5.56 Å². The Labute approximate surface area is 139 Å². The summed E-state index contributed by atoms with van der Waals surface area (Å²) < 4.78 is 5.17. The van der Waals surface area contributed by atoms with E-state index in [9.17, 15) is 14.4 Å². The van der Waals surface area contributed by atoms with Crippen molar-refractivity contribution in [1.82, 2.24) is 5.32 Å². The second kappa shape index (κ2) is 8.47. The van der Waals surface area contributed by atoms with Crippen LogP contribution in [0.15, 0.2) is 60.7 Å². The van der Waals surface area contributed by atoms with Gasteiger partial charge in [-0.1, -0.05) is 48.5 Å². The lowest BCUT2D eigenvalue weighted by atomic mass is 10.1. The summed E-state index contributed by atoms with van der Waals surface area (Å²) in [6, 6.07) is 16.3. The highest BCUT2D eigenvalue weighted by atomic mass is 16.5. The number of amides is 2. The zero-order valence-corrected chi connectivity index (χ0v) is 13.0. The predicted molar refractivity (Wildman–Crippen MR) is 87.7 cm³/mol. The fourth-order valence-corrected chi connectivity index (χ4v) is 2.05. The lowest BCUT2D eigenvalue weighted by Crippen LogP contribution is -2.44. The van der Waals surface area contributed by atoms with E-state index < -0.39 is 23.8 Å². The van der Waals surface area contributed by atoms with Crippen LogP contribution in [0.3, 0.4) is 0 Å². The third-order valence-corrected chi connectivity index (χ3v) is 3.26. The van der Waals surface area contributed by atoms with Gasteiger partial charge in [0.2, 0.25) is 5.91 Å². The van der Waals surface area contributed by atoms with Crippen molar-refractivity contribution in [3.8, 4) is 0 Å². The summed E-state index contributed by atoms with van der Waals surface area (Å²) in [7, 11) is 0. The van der Waals surface area contributed by atoms with Crippen LogP contribution in [0, 0.1) is 0 Å². The largest absolute Gasteiger partial charge is 0.459 e. The normalized spacial score (nSPS) is 11.3. The number of esters is 1. The maximum atomic E-state index is 12.2. The number of benzene rings is 2. The first kappa shape index (κ1) is 17.2. The minimum atomic E-state index is -1.13. The third kappa shape index (κ3) is 5.24. The van der Waals surface area contributed by atoms with Crippen molar-refractivity contribution in [2.45, 2.75) is 19.1 Å². The number of hydrogen-bond acceptors (Lipinski definition) is 4. The maximum absolute atomic E-state index is 12.2. The molecule has 0 saturated carbocycles. The third-order valence-electron chi connectivity index (χ3n) is 3.26. The Bertz CT molecular complexity index is 701. The van der Waals surface area contributed by atoms with E-state index in [1.54, 1.807) is 42.5 Å². The van der Waals surface area contributed by atoms with Crippen molar-refractivity contribution < 1.29 is 19.1 Å². The Morgan fingerprint density at radius 1 is 0.958 bits per heavy atom. The van der Waals surface area contributed by atoms with Crippen molar-refractivity contribution in [3.63, 3.8) is 0 Å². The van der Waals surface area contributed by atoms with E-state index in [0.717, 1.165) is 5.56 Å². The van der Waals surface area contributed by atoms with Gasteiger partial charge in [-0.25, -0.2) is 4.79 Å². The molecule has 124 valence electrons. The molecule has 2 aromatic rings. The highest BCUT2D eigenvalue weighted by Gasteiger charge is 2.25. The van der Waals surface area contributed by atoms with Crippen LogP contribution in [0.1, 0.15) is 22.3 Å². The van der Waals surface area contributed by atoms with E-state index in [1.165, 1.54) is 0 Å². The lowest BCUT2D eigenvalue weighted by Gasteiger charge is -2.16. The van der Waals surface area contributed by atoms with Crippen LogP contribution in [-0.4, -0.2) is 23.8 Å². The van der Waals surface area contributed by atoms with Gasteiger partial charge in [0.1, 0.15) is 12.6 Å². The number of nitrogens with one attached hydrogen (secondary N) is 1. The quantitative estimate of drug-likeness (QED) is 0.751. The summed E-state index contributed by atoms with van der Waals surface area (Å²) in [5.41, 5.74) is 6.34. The summed E-state index contributed by atoms with van der Waals surface area (Å²) >= 11 is 0. The molecule has 0 saturated heterocycles. The number of ether oxygens (including phenoxy) is 1. The molecule has 3 N–H and O–H groups in total. The van der Waals surface area contributed by atoms with Crippen molar-refractivity contribution in [3.05, 3.63) is 71.8 Å². The summed E-state index contributed by atoms with van der Waals surface area (Å²) in [4.78, 5) is 35.5. The van der Waals surface area contributed by atoms with Crippen molar-refractivity contribution in [2.24, 2.45) is 5.73 Å². The average molecular weight is 326 g/mol. The van der Waals surface area contributed by atoms with Gasteiger partial charge in [-0.3, -0.25) is 9.59 Å². The maximum Gasteiger partial charge on any atom is 0.329 e. The molecule has 2 aromatic carbocycles. The highest BCUT2D eigenvalue weighted by Crippen LogP contribution is 2.05. The molecular weight excluding hydrogens is 308 g/mol. The van der Waals surface area contributed by atoms with E-state index in [4.69, 9.17) is 10.5 Å². The number of hydrogen-bond donors (Lipinski definition) is 2. The molecule has 0 heterocycles. The number of primary amides is 1. The monoisotopic (exact) mass is 326 g/mol. The van der Waals surface area contributed by atoms with Gasteiger partial charge in [-0.2, -0.15) is 0 Å². The molecule has 2 rings (SSSR count). The Kier molecular flexibility index (Phi) is 6.08. The van der Waals surface area contributed by atoms with Gasteiger partial charge in [0.15, 0.2) is 0 Å². The van der Waals surface area contributed by atoms with Crippen LogP contribution in [0.5, 0.6) is 0 Å². The fourth-order valence-electron chi connectivity index (χ4n) is 2.05. The number of carbonyl (C=O) groups excluding carboxylic acids is 3. The Morgan fingerprint density at radius 2 is 1.54 bits per heavy atom. The first-order valence-corrected chi connectivity index (χ1v) is 7.41. The second-order valence-corrected chi connectivity index (χ2v) is 5.16. The van der Waals surface area contributed by atoms with E-state index >= 15 is 0 Å². The minimum absolute atomic E-state index is 0.0517. The van der Waals surface area contributed by atoms with Crippen LogP contribution in [0.25, 0.3) is 0 Å². The number of nitrogens with two attached hydrogens (primary N) is 1. The lowest BCUT2D eigenvalue weighted by molar-refractivity contribution is -0.148. The molecular formula is C18H18N2O4. The van der Waals surface area contributed by atoms with E-state index in [1.807, 2.05) is 18.2 Å². The molecule has 0 radical (unpaired) electrons. The standard InChI is InChI=1S/C18H18N2O4/c19-16(21)11-15(20-17(22)14-9-5-2-6-10-14)18(23)24-12-13-7-3-1-4-8-13/h1-10,15H,11-12H2,(H2,19,21)(H,20,22)/t15-/m1/s1. The van der Waals surface area contributed by atoms with Crippen LogP contribution in [-0.2, 0) is 20.9 Å². The summed E-state index contributed by atoms with van der Waals surface area (Å²) in [6.45, 7) is 0.0517. The minimum Gasteiger partial charge on any atom is -0.459 e. The molecule has 24 heavy (non-hydrogen) atoms. The predicted octanol–water partition coefficient (Wildman–Crippen LogP) is 1.40. The number of carbonyl (C=O) groups is 3. The highest BCUT2D eigenvalue weighted by molar-refractivity contribution is 5.97. The van der Waals surface area contributed by atoms with E-state index in [2.05, 4.69) is 5.32 Å². The molecule has 1 atom stereocenters. The Morgan fingerprint density at radius 3 is 2.12 bits per heavy atom. The van der Waals surface area contributed by atoms with Crippen molar-refractivity contribution >= 4 is 17.8 Å². The van der Waals surface area contributed by atoms with Crippen LogP contribution in [0.4, 0.5) is 0 Å². The van der Waals surface area contributed by atoms with Crippen LogP contribution in [0.2, 0.25) is 0 Å². The molecule has 2 amide bonds. The zero-order valence-electron chi connectivity index (χ0n) is 13.0. The molecule has 0 aromatic heterocycles. The van der Waals surface area contributed by atoms with Gasteiger partial charge < -0.3 is 15.8 Å². The molecule has 0 fully saturated rings. The number of rotatable bonds is 7. The van der Waals surface area contributed by atoms with Gasteiger partial charge >= 0.3 is 5.97 Å². The molecule has 0 aliphatic carbocycles. The van der Waals surface area contributed by atoms with Crippen molar-refractivity contribution in [2.75, 3.05) is 0 Å². The summed E-state index contributed by atoms with van der Waals surface area (Å²) in [5.74, 6) is -1.88. The first-order chi connectivity index (χ1) is 11.6. The van der Waals surface area contributed by atoms with Crippen molar-refractivity contribution in [1.29, 1.82) is 0 Å². The molecule has 0 bridgehead atoms.